The average molecular weight is 420 g/mol. The summed E-state index contributed by atoms with van der Waals surface area (Å²) in [6.45, 7) is 8.38. The summed E-state index contributed by atoms with van der Waals surface area (Å²) < 4.78 is 11.6. The first kappa shape index (κ1) is 20.7. The van der Waals surface area contributed by atoms with E-state index in [2.05, 4.69) is 11.9 Å². The van der Waals surface area contributed by atoms with E-state index >= 15 is 0 Å². The minimum atomic E-state index is -0.418. The van der Waals surface area contributed by atoms with Gasteiger partial charge in [-0.05, 0) is 44.2 Å². The Labute approximate surface area is 180 Å². The second-order valence-electron chi connectivity index (χ2n) is 7.59. The highest BCUT2D eigenvalue weighted by Gasteiger charge is 2.35. The molecule has 0 radical (unpaired) electrons. The van der Waals surface area contributed by atoms with Crippen LogP contribution in [0.4, 0.5) is 0 Å². The number of hydrogen-bond donors (Lipinski definition) is 1. The molecule has 7 nitrogen and oxygen atoms in total. The number of benzene rings is 2. The van der Waals surface area contributed by atoms with Gasteiger partial charge in [0.1, 0.15) is 17.6 Å². The Morgan fingerprint density at radius 1 is 1.26 bits per heavy atom. The molecule has 0 aromatic heterocycles. The van der Waals surface area contributed by atoms with Crippen LogP contribution in [0.2, 0.25) is 0 Å². The zero-order valence-corrected chi connectivity index (χ0v) is 17.6. The van der Waals surface area contributed by atoms with Crippen molar-refractivity contribution in [3.05, 3.63) is 70.8 Å². The maximum Gasteiger partial charge on any atom is 0.261 e. The summed E-state index contributed by atoms with van der Waals surface area (Å²) in [5, 5.41) is 2.87. The lowest BCUT2D eigenvalue weighted by atomic mass is 10.0. The van der Waals surface area contributed by atoms with Crippen molar-refractivity contribution < 1.29 is 23.9 Å². The van der Waals surface area contributed by atoms with Gasteiger partial charge in [-0.1, -0.05) is 6.08 Å². The van der Waals surface area contributed by atoms with Gasteiger partial charge < -0.3 is 14.8 Å². The van der Waals surface area contributed by atoms with Gasteiger partial charge >= 0.3 is 0 Å². The van der Waals surface area contributed by atoms with Crippen molar-refractivity contribution in [2.24, 2.45) is 0 Å². The van der Waals surface area contributed by atoms with Crippen LogP contribution in [0.15, 0.2) is 43.0 Å². The maximum absolute atomic E-state index is 12.8. The largest absolute Gasteiger partial charge is 0.494 e. The topological polar surface area (TPSA) is 84.9 Å². The summed E-state index contributed by atoms with van der Waals surface area (Å²) >= 11 is 0. The first-order valence-corrected chi connectivity index (χ1v) is 10.3. The summed E-state index contributed by atoms with van der Waals surface area (Å²) in [6, 6.07) is 8.41. The normalized spacial score (nSPS) is 16.6. The second-order valence-corrected chi connectivity index (χ2v) is 7.59. The van der Waals surface area contributed by atoms with Gasteiger partial charge in [0.15, 0.2) is 0 Å². The minimum absolute atomic E-state index is 0.113. The minimum Gasteiger partial charge on any atom is -0.494 e. The number of ether oxygens (including phenoxy) is 2. The fraction of sp³-hybridized carbons (Fsp3) is 0.292. The Bertz CT molecular complexity index is 1090. The molecule has 0 fully saturated rings. The third-order valence-electron chi connectivity index (χ3n) is 5.36. The molecule has 7 heteroatoms. The van der Waals surface area contributed by atoms with Crippen LogP contribution in [0.3, 0.4) is 0 Å². The van der Waals surface area contributed by atoms with Gasteiger partial charge in [0.05, 0.1) is 17.7 Å². The van der Waals surface area contributed by atoms with E-state index in [4.69, 9.17) is 9.47 Å². The molecule has 1 unspecified atom stereocenters. The zero-order valence-electron chi connectivity index (χ0n) is 17.6. The molecular weight excluding hydrogens is 396 g/mol. The number of nitrogens with one attached hydrogen (secondary N) is 1. The number of nitrogens with zero attached hydrogens (tertiary/aromatic N) is 1. The van der Waals surface area contributed by atoms with Gasteiger partial charge in [0, 0.05) is 36.2 Å². The summed E-state index contributed by atoms with van der Waals surface area (Å²) in [6.07, 6.45) is 2.43. The SMILES string of the molecule is C=CCN1C(=O)c2ccc(C(=O)NCc3cc4c(cc3OCC)CC(C)O4)cc2C1=O. The molecule has 0 saturated heterocycles. The highest BCUT2D eigenvalue weighted by molar-refractivity contribution is 6.22. The monoisotopic (exact) mass is 420 g/mol. The highest BCUT2D eigenvalue weighted by Crippen LogP contribution is 2.35. The van der Waals surface area contributed by atoms with Gasteiger partial charge in [-0.25, -0.2) is 0 Å². The molecule has 0 aliphatic carbocycles. The van der Waals surface area contributed by atoms with Gasteiger partial charge in [0.2, 0.25) is 0 Å². The number of hydrogen-bond acceptors (Lipinski definition) is 5. The predicted molar refractivity (Wildman–Crippen MR) is 115 cm³/mol. The van der Waals surface area contributed by atoms with E-state index in [1.807, 2.05) is 26.0 Å². The molecule has 31 heavy (non-hydrogen) atoms. The first-order chi connectivity index (χ1) is 14.9. The van der Waals surface area contributed by atoms with E-state index in [0.717, 1.165) is 28.2 Å². The van der Waals surface area contributed by atoms with Crippen LogP contribution >= 0.6 is 0 Å². The number of rotatable bonds is 7. The summed E-state index contributed by atoms with van der Waals surface area (Å²) in [5.74, 6) is 0.388. The molecule has 0 saturated carbocycles. The molecule has 4 rings (SSSR count). The van der Waals surface area contributed by atoms with E-state index in [-0.39, 0.29) is 36.6 Å². The molecule has 0 bridgehead atoms. The van der Waals surface area contributed by atoms with Crippen molar-refractivity contribution in [1.82, 2.24) is 10.2 Å². The fourth-order valence-electron chi connectivity index (χ4n) is 3.91. The standard InChI is InChI=1S/C24H24N2O5/c1-4-8-26-23(28)18-7-6-15(10-19(18)24(26)29)22(27)25-13-17-12-21-16(9-14(3)31-21)11-20(17)30-5-2/h4,6-7,10-12,14H,1,5,8-9,13H2,2-3H3,(H,25,27). The predicted octanol–water partition coefficient (Wildman–Crippen LogP) is 3.12. The molecule has 2 aliphatic rings. The van der Waals surface area contributed by atoms with Crippen molar-refractivity contribution in [2.45, 2.75) is 32.9 Å². The number of fused-ring (bicyclic) bond motifs is 2. The van der Waals surface area contributed by atoms with Crippen LogP contribution in [0, 0.1) is 0 Å². The Morgan fingerprint density at radius 3 is 2.77 bits per heavy atom. The van der Waals surface area contributed by atoms with Crippen molar-refractivity contribution in [3.63, 3.8) is 0 Å². The van der Waals surface area contributed by atoms with Crippen molar-refractivity contribution in [2.75, 3.05) is 13.2 Å². The molecular formula is C24H24N2O5. The lowest BCUT2D eigenvalue weighted by Crippen LogP contribution is -2.29. The second kappa shape index (κ2) is 8.26. The molecule has 1 atom stereocenters. The molecule has 2 aromatic carbocycles. The fourth-order valence-corrected chi connectivity index (χ4v) is 3.91. The van der Waals surface area contributed by atoms with Crippen LogP contribution < -0.4 is 14.8 Å². The number of carbonyl (C=O) groups excluding carboxylic acids is 3. The lowest BCUT2D eigenvalue weighted by Gasteiger charge is -2.13. The molecule has 160 valence electrons. The quantitative estimate of drug-likeness (QED) is 0.550. The van der Waals surface area contributed by atoms with Crippen LogP contribution in [0.5, 0.6) is 11.5 Å². The lowest BCUT2D eigenvalue weighted by molar-refractivity contribution is 0.0672. The zero-order chi connectivity index (χ0) is 22.1. The number of amides is 3. The smallest absolute Gasteiger partial charge is 0.261 e. The maximum atomic E-state index is 12.8. The highest BCUT2D eigenvalue weighted by atomic mass is 16.5. The Kier molecular flexibility index (Phi) is 5.50. The Hall–Kier alpha value is -3.61. The van der Waals surface area contributed by atoms with Crippen molar-refractivity contribution in [1.29, 1.82) is 0 Å². The number of carbonyl (C=O) groups is 3. The van der Waals surface area contributed by atoms with E-state index in [1.165, 1.54) is 18.2 Å². The van der Waals surface area contributed by atoms with Gasteiger partial charge in [-0.3, -0.25) is 19.3 Å². The summed E-state index contributed by atoms with van der Waals surface area (Å²) in [7, 11) is 0. The van der Waals surface area contributed by atoms with Crippen LogP contribution in [-0.2, 0) is 13.0 Å². The summed E-state index contributed by atoms with van der Waals surface area (Å²) in [5.41, 5.74) is 2.75. The van der Waals surface area contributed by atoms with Crippen LogP contribution in [0.25, 0.3) is 0 Å². The molecule has 2 aromatic rings. The molecule has 2 heterocycles. The van der Waals surface area contributed by atoms with Gasteiger partial charge in [0.25, 0.3) is 17.7 Å². The van der Waals surface area contributed by atoms with E-state index < -0.39 is 5.91 Å². The van der Waals surface area contributed by atoms with E-state index in [1.54, 1.807) is 6.07 Å². The third kappa shape index (κ3) is 3.79. The molecule has 1 N–H and O–H groups in total. The molecule has 3 amide bonds. The molecule has 2 aliphatic heterocycles. The Balaban J connectivity index is 1.52. The van der Waals surface area contributed by atoms with E-state index in [9.17, 15) is 14.4 Å². The number of imide groups is 1. The first-order valence-electron chi connectivity index (χ1n) is 10.3. The van der Waals surface area contributed by atoms with Gasteiger partial charge in [-0.2, -0.15) is 0 Å². The molecule has 0 spiro atoms. The van der Waals surface area contributed by atoms with E-state index in [0.29, 0.717) is 23.5 Å². The van der Waals surface area contributed by atoms with Gasteiger partial charge in [-0.15, -0.1) is 6.58 Å². The van der Waals surface area contributed by atoms with Crippen molar-refractivity contribution in [3.8, 4) is 11.5 Å². The third-order valence-corrected chi connectivity index (χ3v) is 5.36. The average Bonchev–Trinajstić information content (AvgIpc) is 3.23. The van der Waals surface area contributed by atoms with Crippen LogP contribution in [0.1, 0.15) is 56.0 Å². The van der Waals surface area contributed by atoms with Crippen LogP contribution in [-0.4, -0.2) is 41.9 Å². The Morgan fingerprint density at radius 2 is 2.03 bits per heavy atom. The van der Waals surface area contributed by atoms with Crippen molar-refractivity contribution >= 4 is 17.7 Å². The summed E-state index contributed by atoms with van der Waals surface area (Å²) in [4.78, 5) is 38.7.